The second-order valence-electron chi connectivity index (χ2n) is 6.32. The average molecular weight is 418 g/mol. The first-order valence-electron chi connectivity index (χ1n) is 8.87. The molecule has 10 heteroatoms. The number of aliphatic carboxylic acids is 1. The quantitative estimate of drug-likeness (QED) is 0.281. The number of carboxylic acids is 1. The highest BCUT2D eigenvalue weighted by atomic mass is 19.2. The Labute approximate surface area is 170 Å². The second-order valence-corrected chi connectivity index (χ2v) is 6.32. The first-order chi connectivity index (χ1) is 14.3. The van der Waals surface area contributed by atoms with Crippen LogP contribution in [0.2, 0.25) is 0 Å². The van der Waals surface area contributed by atoms with Gasteiger partial charge >= 0.3 is 5.97 Å². The molecule has 1 atom stereocenters. The van der Waals surface area contributed by atoms with Crippen LogP contribution in [-0.2, 0) is 14.4 Å². The molecule has 2 rings (SSSR count). The number of hydrogen-bond donors (Lipinski definition) is 4. The first-order valence-corrected chi connectivity index (χ1v) is 8.87. The monoisotopic (exact) mass is 418 g/mol. The molecule has 0 aromatic heterocycles. The summed E-state index contributed by atoms with van der Waals surface area (Å²) in [5.41, 5.74) is 1.30. The van der Waals surface area contributed by atoms with Crippen LogP contribution < -0.4 is 16.5 Å². The van der Waals surface area contributed by atoms with Crippen LogP contribution in [0.15, 0.2) is 47.6 Å². The summed E-state index contributed by atoms with van der Waals surface area (Å²) in [4.78, 5) is 35.3. The average Bonchev–Trinajstić information content (AvgIpc) is 2.70. The molecule has 0 radical (unpaired) electrons. The summed E-state index contributed by atoms with van der Waals surface area (Å²) in [6.07, 6.45) is 1.15. The van der Waals surface area contributed by atoms with Crippen molar-refractivity contribution < 1.29 is 28.3 Å². The lowest BCUT2D eigenvalue weighted by atomic mass is 9.99. The fourth-order valence-electron chi connectivity index (χ4n) is 2.57. The summed E-state index contributed by atoms with van der Waals surface area (Å²) in [6, 6.07) is 9.43. The third-order valence-corrected chi connectivity index (χ3v) is 4.14. The summed E-state index contributed by atoms with van der Waals surface area (Å²) >= 11 is 0. The number of nitrogens with two attached hydrogens (primary N) is 1. The Balaban J connectivity index is 1.83. The van der Waals surface area contributed by atoms with Gasteiger partial charge in [-0.1, -0.05) is 18.2 Å². The number of nitrogens with zero attached hydrogens (tertiary/aromatic N) is 1. The number of carbonyl (C=O) groups is 3. The van der Waals surface area contributed by atoms with Gasteiger partial charge < -0.3 is 21.6 Å². The molecule has 1 unspecified atom stereocenters. The minimum absolute atomic E-state index is 0.0163. The van der Waals surface area contributed by atoms with Gasteiger partial charge in [-0.25, -0.2) is 8.78 Å². The van der Waals surface area contributed by atoms with Crippen molar-refractivity contribution >= 4 is 29.7 Å². The molecule has 0 saturated heterocycles. The number of benzene rings is 2. The van der Waals surface area contributed by atoms with Gasteiger partial charge in [-0.3, -0.25) is 14.4 Å². The van der Waals surface area contributed by atoms with Crippen molar-refractivity contribution in [2.75, 3.05) is 11.9 Å². The van der Waals surface area contributed by atoms with E-state index in [1.54, 1.807) is 24.3 Å². The Kier molecular flexibility index (Phi) is 7.98. The lowest BCUT2D eigenvalue weighted by Gasteiger charge is -2.14. The van der Waals surface area contributed by atoms with Gasteiger partial charge in [0.25, 0.3) is 0 Å². The first kappa shape index (κ1) is 22.5. The Bertz CT molecular complexity index is 948. The van der Waals surface area contributed by atoms with E-state index < -0.39 is 35.3 Å². The molecule has 0 aliphatic rings. The Morgan fingerprint density at radius 2 is 1.70 bits per heavy atom. The van der Waals surface area contributed by atoms with Crippen molar-refractivity contribution in [3.63, 3.8) is 0 Å². The third kappa shape index (κ3) is 6.66. The van der Waals surface area contributed by atoms with Crippen LogP contribution in [-0.4, -0.2) is 35.6 Å². The summed E-state index contributed by atoms with van der Waals surface area (Å²) < 4.78 is 26.4. The van der Waals surface area contributed by atoms with E-state index in [4.69, 9.17) is 5.84 Å². The van der Waals surface area contributed by atoms with Gasteiger partial charge in [0.2, 0.25) is 11.8 Å². The van der Waals surface area contributed by atoms with E-state index in [2.05, 4.69) is 15.7 Å². The maximum atomic E-state index is 13.3. The van der Waals surface area contributed by atoms with Crippen molar-refractivity contribution in [2.45, 2.75) is 18.8 Å². The molecule has 0 aliphatic carbocycles. The van der Waals surface area contributed by atoms with Crippen LogP contribution in [0, 0.1) is 11.6 Å². The molecule has 0 saturated carbocycles. The summed E-state index contributed by atoms with van der Waals surface area (Å²) in [5.74, 6) is -0.732. The number of amides is 2. The minimum Gasteiger partial charge on any atom is -0.481 e. The van der Waals surface area contributed by atoms with Gasteiger partial charge in [0.15, 0.2) is 11.6 Å². The van der Waals surface area contributed by atoms with E-state index in [-0.39, 0.29) is 24.9 Å². The fourth-order valence-corrected chi connectivity index (χ4v) is 2.57. The Hall–Kier alpha value is -3.82. The smallest absolute Gasteiger partial charge is 0.312 e. The number of halogens is 2. The standard InChI is InChI=1S/C20H20F2N4O4/c21-16-6-3-13(9-17(16)22)15(20(29)30)11-24-18(27)7-8-19(28)26-14-4-1-12(2-5-14)10-25-23/h1-6,9-10,15H,7-8,11,23H2,(H,24,27)(H,26,28)(H,29,30). The molecule has 0 spiro atoms. The van der Waals surface area contributed by atoms with Crippen LogP contribution >= 0.6 is 0 Å². The summed E-state index contributed by atoms with van der Waals surface area (Å²) in [6.45, 7) is -0.328. The Morgan fingerprint density at radius 3 is 2.30 bits per heavy atom. The highest BCUT2D eigenvalue weighted by molar-refractivity contribution is 5.93. The van der Waals surface area contributed by atoms with E-state index in [1.165, 1.54) is 6.21 Å². The summed E-state index contributed by atoms with van der Waals surface area (Å²) in [7, 11) is 0. The number of anilines is 1. The zero-order valence-electron chi connectivity index (χ0n) is 15.8. The lowest BCUT2D eigenvalue weighted by Crippen LogP contribution is -2.32. The van der Waals surface area contributed by atoms with Gasteiger partial charge in [0.1, 0.15) is 0 Å². The molecule has 2 amide bonds. The zero-order valence-corrected chi connectivity index (χ0v) is 15.8. The zero-order chi connectivity index (χ0) is 22.1. The number of hydrogen-bond acceptors (Lipinski definition) is 5. The van der Waals surface area contributed by atoms with Gasteiger partial charge in [-0.2, -0.15) is 5.10 Å². The highest BCUT2D eigenvalue weighted by Crippen LogP contribution is 2.18. The summed E-state index contributed by atoms with van der Waals surface area (Å²) in [5, 5.41) is 17.7. The molecular formula is C20H20F2N4O4. The molecule has 0 heterocycles. The van der Waals surface area contributed by atoms with Crippen LogP contribution in [0.4, 0.5) is 14.5 Å². The maximum Gasteiger partial charge on any atom is 0.312 e. The second kappa shape index (κ2) is 10.6. The molecule has 8 nitrogen and oxygen atoms in total. The number of hydrazone groups is 1. The van der Waals surface area contributed by atoms with E-state index in [1.807, 2.05) is 0 Å². The topological polar surface area (TPSA) is 134 Å². The molecule has 0 aliphatic heterocycles. The SMILES string of the molecule is NN=Cc1ccc(NC(=O)CCC(=O)NCC(C(=O)O)c2ccc(F)c(F)c2)cc1. The van der Waals surface area contributed by atoms with Crippen LogP contribution in [0.3, 0.4) is 0 Å². The predicted octanol–water partition coefficient (Wildman–Crippen LogP) is 1.96. The van der Waals surface area contributed by atoms with E-state index in [0.717, 1.165) is 23.8 Å². The van der Waals surface area contributed by atoms with E-state index >= 15 is 0 Å². The van der Waals surface area contributed by atoms with Gasteiger partial charge in [0.05, 0.1) is 12.1 Å². The third-order valence-electron chi connectivity index (χ3n) is 4.14. The van der Waals surface area contributed by atoms with Crippen molar-refractivity contribution in [2.24, 2.45) is 10.9 Å². The number of carbonyl (C=O) groups excluding carboxylic acids is 2. The predicted molar refractivity (Wildman–Crippen MR) is 106 cm³/mol. The van der Waals surface area contributed by atoms with E-state index in [0.29, 0.717) is 5.69 Å². The highest BCUT2D eigenvalue weighted by Gasteiger charge is 2.22. The van der Waals surface area contributed by atoms with Gasteiger partial charge in [-0.05, 0) is 35.4 Å². The number of carboxylic acid groups (broad SMARTS) is 1. The molecular weight excluding hydrogens is 398 g/mol. The molecule has 2 aromatic rings. The fraction of sp³-hybridized carbons (Fsp3) is 0.200. The minimum atomic E-state index is -1.30. The van der Waals surface area contributed by atoms with Crippen molar-refractivity contribution in [1.29, 1.82) is 0 Å². The van der Waals surface area contributed by atoms with Crippen molar-refractivity contribution in [3.8, 4) is 0 Å². The Morgan fingerprint density at radius 1 is 1.03 bits per heavy atom. The molecule has 30 heavy (non-hydrogen) atoms. The van der Waals surface area contributed by atoms with Crippen LogP contribution in [0.1, 0.15) is 29.9 Å². The molecule has 0 bridgehead atoms. The van der Waals surface area contributed by atoms with Crippen LogP contribution in [0.25, 0.3) is 0 Å². The number of rotatable bonds is 9. The van der Waals surface area contributed by atoms with Crippen LogP contribution in [0.5, 0.6) is 0 Å². The van der Waals surface area contributed by atoms with E-state index in [9.17, 15) is 28.3 Å². The largest absolute Gasteiger partial charge is 0.481 e. The molecule has 0 fully saturated rings. The maximum absolute atomic E-state index is 13.3. The molecule has 5 N–H and O–H groups in total. The number of nitrogens with one attached hydrogen (secondary N) is 2. The molecule has 158 valence electrons. The normalized spacial score (nSPS) is 11.8. The van der Waals surface area contributed by atoms with Crippen molar-refractivity contribution in [1.82, 2.24) is 5.32 Å². The molecule has 2 aromatic carbocycles. The van der Waals surface area contributed by atoms with Gasteiger partial charge in [0, 0.05) is 25.1 Å². The lowest BCUT2D eigenvalue weighted by molar-refractivity contribution is -0.138. The van der Waals surface area contributed by atoms with Gasteiger partial charge in [-0.15, -0.1) is 0 Å². The van der Waals surface area contributed by atoms with Crippen molar-refractivity contribution in [3.05, 3.63) is 65.2 Å².